The van der Waals surface area contributed by atoms with Crippen molar-refractivity contribution in [2.75, 3.05) is 6.79 Å². The Bertz CT molecular complexity index is 1790. The molecule has 0 aromatic heterocycles. The van der Waals surface area contributed by atoms with Gasteiger partial charge in [0, 0.05) is 23.3 Å². The molecular weight excluding hydrogens is 608 g/mol. The molecular formula is C34H22F8O3. The quantitative estimate of drug-likeness (QED) is 0.120. The van der Waals surface area contributed by atoms with Crippen molar-refractivity contribution in [1.82, 2.24) is 0 Å². The summed E-state index contributed by atoms with van der Waals surface area (Å²) in [6, 6.07) is 17.0. The Labute approximate surface area is 252 Å². The second-order valence-corrected chi connectivity index (χ2v) is 9.97. The molecule has 0 N–H and O–H groups in total. The summed E-state index contributed by atoms with van der Waals surface area (Å²) in [4.78, 5) is 0. The Morgan fingerprint density at radius 2 is 0.822 bits per heavy atom. The predicted molar refractivity (Wildman–Crippen MR) is 150 cm³/mol. The van der Waals surface area contributed by atoms with Gasteiger partial charge in [-0.1, -0.05) is 24.3 Å². The topological polar surface area (TPSA) is 27.7 Å². The lowest BCUT2D eigenvalue weighted by atomic mass is 10.0. The van der Waals surface area contributed by atoms with E-state index in [9.17, 15) is 35.1 Å². The third-order valence-corrected chi connectivity index (χ3v) is 6.94. The van der Waals surface area contributed by atoms with Crippen LogP contribution in [0.15, 0.2) is 84.9 Å². The lowest BCUT2D eigenvalue weighted by molar-refractivity contribution is -0.189. The van der Waals surface area contributed by atoms with Crippen LogP contribution in [0.4, 0.5) is 35.1 Å². The van der Waals surface area contributed by atoms with Gasteiger partial charge in [-0.25, -0.2) is 26.3 Å². The van der Waals surface area contributed by atoms with E-state index in [0.29, 0.717) is 46.9 Å². The number of hydrogen-bond donors (Lipinski definition) is 0. The first-order valence-corrected chi connectivity index (χ1v) is 13.3. The monoisotopic (exact) mass is 630 g/mol. The Morgan fingerprint density at radius 3 is 1.22 bits per heavy atom. The second-order valence-electron chi connectivity index (χ2n) is 9.97. The van der Waals surface area contributed by atoms with Gasteiger partial charge in [-0.15, -0.1) is 0 Å². The first kappa shape index (κ1) is 31.4. The fraction of sp³-hybridized carbons (Fsp3) is 0.118. The molecule has 0 aliphatic carbocycles. The molecule has 0 unspecified atom stereocenters. The lowest BCUT2D eigenvalue weighted by Crippen LogP contribution is -2.25. The maximum Gasteiger partial charge on any atom is 0.432 e. The number of rotatable bonds is 9. The highest BCUT2D eigenvalue weighted by Crippen LogP contribution is 2.38. The van der Waals surface area contributed by atoms with Crippen LogP contribution in [0.5, 0.6) is 17.2 Å². The molecule has 0 atom stereocenters. The summed E-state index contributed by atoms with van der Waals surface area (Å²) in [5, 5.41) is 0. The molecule has 0 aliphatic rings. The summed E-state index contributed by atoms with van der Waals surface area (Å²) >= 11 is 0. The maximum absolute atomic E-state index is 14.8. The van der Waals surface area contributed by atoms with E-state index in [1.165, 1.54) is 43.3 Å². The van der Waals surface area contributed by atoms with Gasteiger partial charge < -0.3 is 14.2 Å². The maximum atomic E-state index is 14.8. The van der Waals surface area contributed by atoms with Crippen molar-refractivity contribution in [3.05, 3.63) is 137 Å². The smallest absolute Gasteiger partial charge is 0.432 e. The van der Waals surface area contributed by atoms with Crippen LogP contribution in [0.2, 0.25) is 0 Å². The fourth-order valence-electron chi connectivity index (χ4n) is 4.36. The molecule has 5 rings (SSSR count). The third kappa shape index (κ3) is 6.87. The average molecular weight is 631 g/mol. The zero-order valence-electron chi connectivity index (χ0n) is 23.5. The number of alkyl halides is 2. The van der Waals surface area contributed by atoms with Crippen molar-refractivity contribution >= 4 is 0 Å². The highest BCUT2D eigenvalue weighted by molar-refractivity contribution is 5.66. The zero-order valence-corrected chi connectivity index (χ0v) is 23.5. The van der Waals surface area contributed by atoms with Gasteiger partial charge in [0.15, 0.2) is 0 Å². The Morgan fingerprint density at radius 1 is 0.467 bits per heavy atom. The van der Waals surface area contributed by atoms with E-state index < -0.39 is 57.9 Å². The molecule has 0 bridgehead atoms. The van der Waals surface area contributed by atoms with Gasteiger partial charge in [-0.3, -0.25) is 0 Å². The van der Waals surface area contributed by atoms with E-state index in [4.69, 9.17) is 9.47 Å². The van der Waals surface area contributed by atoms with Crippen molar-refractivity contribution in [2.45, 2.75) is 20.0 Å². The molecule has 3 nitrogen and oxygen atoms in total. The minimum absolute atomic E-state index is 0.0650. The summed E-state index contributed by atoms with van der Waals surface area (Å²) in [7, 11) is 0. The van der Waals surface area contributed by atoms with Crippen LogP contribution >= 0.6 is 0 Å². The van der Waals surface area contributed by atoms with Crippen molar-refractivity contribution in [2.24, 2.45) is 0 Å². The van der Waals surface area contributed by atoms with Crippen LogP contribution in [0.3, 0.4) is 0 Å². The molecule has 11 heteroatoms. The Hall–Kier alpha value is -5.06. The predicted octanol–water partition coefficient (Wildman–Crippen LogP) is 10.0. The molecule has 0 radical (unpaired) electrons. The van der Waals surface area contributed by atoms with Gasteiger partial charge in [0.05, 0.1) is 0 Å². The van der Waals surface area contributed by atoms with Gasteiger partial charge in [0.1, 0.15) is 57.7 Å². The molecule has 0 saturated carbocycles. The van der Waals surface area contributed by atoms with E-state index in [-0.39, 0.29) is 23.5 Å². The summed E-state index contributed by atoms with van der Waals surface area (Å²) in [5.74, 6) is -7.14. The van der Waals surface area contributed by atoms with Crippen molar-refractivity contribution in [1.29, 1.82) is 0 Å². The van der Waals surface area contributed by atoms with E-state index >= 15 is 0 Å². The van der Waals surface area contributed by atoms with Crippen molar-refractivity contribution < 1.29 is 49.3 Å². The summed E-state index contributed by atoms with van der Waals surface area (Å²) in [6.07, 6.45) is -4.59. The van der Waals surface area contributed by atoms with Gasteiger partial charge in [0.25, 0.3) is 0 Å². The highest BCUT2D eigenvalue weighted by Gasteiger charge is 2.41. The van der Waals surface area contributed by atoms with Gasteiger partial charge in [-0.2, -0.15) is 8.78 Å². The molecule has 0 amide bonds. The molecule has 0 fully saturated rings. The Kier molecular flexibility index (Phi) is 8.72. The summed E-state index contributed by atoms with van der Waals surface area (Å²) < 4.78 is 130. The molecule has 0 aliphatic heterocycles. The summed E-state index contributed by atoms with van der Waals surface area (Å²) in [6.45, 7) is 2.20. The number of hydrogen-bond acceptors (Lipinski definition) is 3. The Balaban J connectivity index is 1.22. The van der Waals surface area contributed by atoms with Gasteiger partial charge in [-0.05, 0) is 84.6 Å². The van der Waals surface area contributed by atoms with Crippen LogP contribution in [0.25, 0.3) is 22.3 Å². The van der Waals surface area contributed by atoms with Crippen LogP contribution in [-0.2, 0) is 6.11 Å². The SMILES string of the molecule is Cc1c(F)cc(OC(F)(F)c2c(F)cc(-c3ccc(OCOc4ccc(-c5cc(F)c(C)c(F)c5)cc4)cc3)cc2F)cc1F. The molecule has 5 aromatic rings. The largest absolute Gasteiger partial charge is 0.458 e. The minimum atomic E-state index is -4.59. The summed E-state index contributed by atoms with van der Waals surface area (Å²) in [5.41, 5.74) is -1.09. The van der Waals surface area contributed by atoms with E-state index in [1.54, 1.807) is 24.3 Å². The molecule has 45 heavy (non-hydrogen) atoms. The van der Waals surface area contributed by atoms with Crippen LogP contribution in [-0.4, -0.2) is 6.79 Å². The van der Waals surface area contributed by atoms with Crippen LogP contribution in [0, 0.1) is 48.8 Å². The molecule has 0 heterocycles. The first-order valence-electron chi connectivity index (χ1n) is 13.3. The van der Waals surface area contributed by atoms with E-state index in [2.05, 4.69) is 4.74 Å². The van der Waals surface area contributed by atoms with E-state index in [0.717, 1.165) is 6.92 Å². The van der Waals surface area contributed by atoms with Crippen molar-refractivity contribution in [3.8, 4) is 39.5 Å². The van der Waals surface area contributed by atoms with Gasteiger partial charge >= 0.3 is 6.11 Å². The third-order valence-electron chi connectivity index (χ3n) is 6.94. The zero-order chi connectivity index (χ0) is 32.5. The molecule has 5 aromatic carbocycles. The molecule has 0 saturated heterocycles. The van der Waals surface area contributed by atoms with Crippen LogP contribution < -0.4 is 14.2 Å². The standard InChI is InChI=1S/C34H22F8O3/c1-18-27(35)11-22(12-28(18)36)20-3-7-24(8-4-20)43-17-44-25-9-5-21(6-10-25)23-13-31(39)33(32(40)14-23)34(41,42)45-26-15-29(37)19(2)30(38)16-26/h3-16H,17H2,1-2H3. The van der Waals surface area contributed by atoms with Crippen LogP contribution in [0.1, 0.15) is 16.7 Å². The second kappa shape index (κ2) is 12.5. The molecule has 232 valence electrons. The average Bonchev–Trinajstić information content (AvgIpc) is 2.98. The number of ether oxygens (including phenoxy) is 3. The normalized spacial score (nSPS) is 11.4. The first-order chi connectivity index (χ1) is 21.3. The fourth-order valence-corrected chi connectivity index (χ4v) is 4.36. The van der Waals surface area contributed by atoms with E-state index in [1.807, 2.05) is 0 Å². The lowest BCUT2D eigenvalue weighted by Gasteiger charge is -2.20. The number of benzene rings is 5. The molecule has 0 spiro atoms. The minimum Gasteiger partial charge on any atom is -0.458 e. The van der Waals surface area contributed by atoms with Crippen molar-refractivity contribution in [3.63, 3.8) is 0 Å². The van der Waals surface area contributed by atoms with Gasteiger partial charge in [0.2, 0.25) is 6.79 Å². The highest BCUT2D eigenvalue weighted by atomic mass is 19.3. The number of halogens is 8.